The molecule has 0 bridgehead atoms. The fraction of sp³-hybridized carbons (Fsp3) is 1.00. The molecule has 1 saturated carbocycles. The van der Waals surface area contributed by atoms with Crippen LogP contribution in [0.5, 0.6) is 0 Å². The standard InChI is InChI=1S/C14H28O/c1-4-13-7-9-14(10-8-13)15-11-5-6-12(2)3/h12-14H,4-11H2,1-3H3. The van der Waals surface area contributed by atoms with Gasteiger partial charge in [0.05, 0.1) is 6.10 Å². The molecule has 1 heteroatoms. The Hall–Kier alpha value is -0.0400. The van der Waals surface area contributed by atoms with Crippen LogP contribution in [0, 0.1) is 11.8 Å². The molecular formula is C14H28O. The van der Waals surface area contributed by atoms with Crippen molar-refractivity contribution < 1.29 is 4.74 Å². The van der Waals surface area contributed by atoms with Crippen molar-refractivity contribution in [2.75, 3.05) is 6.61 Å². The molecule has 1 aliphatic carbocycles. The highest BCUT2D eigenvalue weighted by atomic mass is 16.5. The lowest BCUT2D eigenvalue weighted by Crippen LogP contribution is -2.21. The first-order chi connectivity index (χ1) is 7.22. The van der Waals surface area contributed by atoms with Gasteiger partial charge in [-0.25, -0.2) is 0 Å². The molecule has 90 valence electrons. The number of hydrogen-bond donors (Lipinski definition) is 0. The quantitative estimate of drug-likeness (QED) is 0.593. The van der Waals surface area contributed by atoms with Gasteiger partial charge in [0, 0.05) is 6.61 Å². The van der Waals surface area contributed by atoms with Gasteiger partial charge in [-0.05, 0) is 50.4 Å². The molecule has 0 radical (unpaired) electrons. The van der Waals surface area contributed by atoms with E-state index in [2.05, 4.69) is 20.8 Å². The highest BCUT2D eigenvalue weighted by Crippen LogP contribution is 2.28. The first kappa shape index (κ1) is 13.0. The minimum Gasteiger partial charge on any atom is -0.378 e. The summed E-state index contributed by atoms with van der Waals surface area (Å²) in [6.07, 6.45) is 9.90. The Morgan fingerprint density at radius 3 is 2.33 bits per heavy atom. The summed E-state index contributed by atoms with van der Waals surface area (Å²) in [6, 6.07) is 0. The lowest BCUT2D eigenvalue weighted by Gasteiger charge is -2.27. The van der Waals surface area contributed by atoms with Crippen LogP contribution in [-0.2, 0) is 4.74 Å². The number of rotatable bonds is 6. The molecule has 0 atom stereocenters. The van der Waals surface area contributed by atoms with E-state index in [9.17, 15) is 0 Å². The van der Waals surface area contributed by atoms with Crippen LogP contribution in [0.15, 0.2) is 0 Å². The Morgan fingerprint density at radius 2 is 1.80 bits per heavy atom. The van der Waals surface area contributed by atoms with E-state index < -0.39 is 0 Å². The zero-order valence-electron chi connectivity index (χ0n) is 10.8. The molecule has 1 aliphatic rings. The maximum Gasteiger partial charge on any atom is 0.0575 e. The Kier molecular flexibility index (Phi) is 6.31. The first-order valence-electron chi connectivity index (χ1n) is 6.84. The third kappa shape index (κ3) is 5.55. The normalized spacial score (nSPS) is 27.2. The van der Waals surface area contributed by atoms with Crippen molar-refractivity contribution in [3.8, 4) is 0 Å². The summed E-state index contributed by atoms with van der Waals surface area (Å²) in [6.45, 7) is 7.87. The summed E-state index contributed by atoms with van der Waals surface area (Å²) in [5, 5.41) is 0. The predicted molar refractivity (Wildman–Crippen MR) is 66.1 cm³/mol. The first-order valence-corrected chi connectivity index (χ1v) is 6.84. The minimum atomic E-state index is 0.583. The van der Waals surface area contributed by atoms with Crippen LogP contribution < -0.4 is 0 Å². The van der Waals surface area contributed by atoms with Crippen LogP contribution in [0.25, 0.3) is 0 Å². The van der Waals surface area contributed by atoms with E-state index in [4.69, 9.17) is 4.74 Å². The average Bonchev–Trinajstić information content (AvgIpc) is 2.25. The zero-order valence-corrected chi connectivity index (χ0v) is 10.8. The molecule has 1 fully saturated rings. The van der Waals surface area contributed by atoms with Gasteiger partial charge < -0.3 is 4.74 Å². The predicted octanol–water partition coefficient (Wildman–Crippen LogP) is 4.41. The van der Waals surface area contributed by atoms with E-state index in [1.165, 1.54) is 44.9 Å². The third-order valence-electron chi connectivity index (χ3n) is 3.65. The van der Waals surface area contributed by atoms with Crippen molar-refractivity contribution in [1.82, 2.24) is 0 Å². The van der Waals surface area contributed by atoms with Gasteiger partial charge in [0.15, 0.2) is 0 Å². The molecule has 0 spiro atoms. The average molecular weight is 212 g/mol. The van der Waals surface area contributed by atoms with Crippen molar-refractivity contribution in [2.24, 2.45) is 11.8 Å². The van der Waals surface area contributed by atoms with Gasteiger partial charge in [0.25, 0.3) is 0 Å². The summed E-state index contributed by atoms with van der Waals surface area (Å²) in [5.41, 5.74) is 0. The van der Waals surface area contributed by atoms with Gasteiger partial charge in [-0.2, -0.15) is 0 Å². The van der Waals surface area contributed by atoms with Crippen molar-refractivity contribution in [2.45, 2.75) is 71.8 Å². The van der Waals surface area contributed by atoms with Gasteiger partial charge in [-0.15, -0.1) is 0 Å². The molecule has 1 nitrogen and oxygen atoms in total. The molecule has 0 amide bonds. The molecule has 15 heavy (non-hydrogen) atoms. The second-order valence-electron chi connectivity index (χ2n) is 5.46. The molecule has 0 aromatic carbocycles. The third-order valence-corrected chi connectivity index (χ3v) is 3.65. The van der Waals surface area contributed by atoms with Gasteiger partial charge >= 0.3 is 0 Å². The Bertz CT molecular complexity index is 145. The van der Waals surface area contributed by atoms with Crippen LogP contribution in [0.1, 0.15) is 65.7 Å². The molecule has 0 unspecified atom stereocenters. The highest BCUT2D eigenvalue weighted by Gasteiger charge is 2.19. The summed E-state index contributed by atoms with van der Waals surface area (Å²) in [4.78, 5) is 0. The lowest BCUT2D eigenvalue weighted by molar-refractivity contribution is 0.0150. The molecule has 1 rings (SSSR count). The molecule has 0 N–H and O–H groups in total. The SMILES string of the molecule is CCC1CCC(OCCCC(C)C)CC1. The Balaban J connectivity index is 1.99. The van der Waals surface area contributed by atoms with Gasteiger partial charge in [0.1, 0.15) is 0 Å². The van der Waals surface area contributed by atoms with Crippen molar-refractivity contribution in [3.05, 3.63) is 0 Å². The maximum atomic E-state index is 5.93. The monoisotopic (exact) mass is 212 g/mol. The largest absolute Gasteiger partial charge is 0.378 e. The Labute approximate surface area is 95.6 Å². The topological polar surface area (TPSA) is 9.23 Å². The van der Waals surface area contributed by atoms with Crippen LogP contribution in [0.2, 0.25) is 0 Å². The van der Waals surface area contributed by atoms with Crippen LogP contribution in [0.4, 0.5) is 0 Å². The molecular weight excluding hydrogens is 184 g/mol. The van der Waals surface area contributed by atoms with Gasteiger partial charge in [-0.1, -0.05) is 27.2 Å². The molecule has 0 heterocycles. The van der Waals surface area contributed by atoms with Crippen molar-refractivity contribution in [1.29, 1.82) is 0 Å². The Morgan fingerprint density at radius 1 is 1.13 bits per heavy atom. The minimum absolute atomic E-state index is 0.583. The fourth-order valence-electron chi connectivity index (χ4n) is 2.45. The number of hydrogen-bond acceptors (Lipinski definition) is 1. The van der Waals surface area contributed by atoms with E-state index in [1.54, 1.807) is 0 Å². The number of ether oxygens (including phenoxy) is 1. The van der Waals surface area contributed by atoms with Crippen LogP contribution >= 0.6 is 0 Å². The lowest BCUT2D eigenvalue weighted by atomic mass is 9.86. The zero-order chi connectivity index (χ0) is 11.1. The highest BCUT2D eigenvalue weighted by molar-refractivity contribution is 4.71. The molecule has 0 aromatic heterocycles. The maximum absolute atomic E-state index is 5.93. The second-order valence-corrected chi connectivity index (χ2v) is 5.46. The molecule has 0 aromatic rings. The van der Waals surface area contributed by atoms with E-state index in [0.29, 0.717) is 6.10 Å². The van der Waals surface area contributed by atoms with E-state index in [1.807, 2.05) is 0 Å². The second kappa shape index (κ2) is 7.27. The molecule has 0 saturated heterocycles. The summed E-state index contributed by atoms with van der Waals surface area (Å²) >= 11 is 0. The smallest absolute Gasteiger partial charge is 0.0575 e. The van der Waals surface area contributed by atoms with Crippen molar-refractivity contribution >= 4 is 0 Å². The summed E-state index contributed by atoms with van der Waals surface area (Å²) in [7, 11) is 0. The van der Waals surface area contributed by atoms with Gasteiger partial charge in [-0.3, -0.25) is 0 Å². The van der Waals surface area contributed by atoms with Crippen molar-refractivity contribution in [3.63, 3.8) is 0 Å². The molecule has 0 aliphatic heterocycles. The van der Waals surface area contributed by atoms with E-state index in [-0.39, 0.29) is 0 Å². The van der Waals surface area contributed by atoms with E-state index in [0.717, 1.165) is 18.4 Å². The van der Waals surface area contributed by atoms with Crippen LogP contribution in [0.3, 0.4) is 0 Å². The summed E-state index contributed by atoms with van der Waals surface area (Å²) in [5.74, 6) is 1.81. The fourth-order valence-corrected chi connectivity index (χ4v) is 2.45. The van der Waals surface area contributed by atoms with Gasteiger partial charge in [0.2, 0.25) is 0 Å². The van der Waals surface area contributed by atoms with Crippen LogP contribution in [-0.4, -0.2) is 12.7 Å². The summed E-state index contributed by atoms with van der Waals surface area (Å²) < 4.78 is 5.93. The van der Waals surface area contributed by atoms with E-state index >= 15 is 0 Å².